The van der Waals surface area contributed by atoms with Crippen molar-refractivity contribution >= 4 is 11.9 Å². The zero-order valence-corrected chi connectivity index (χ0v) is 11.0. The van der Waals surface area contributed by atoms with Crippen molar-refractivity contribution in [3.8, 4) is 0 Å². The highest BCUT2D eigenvalue weighted by Gasteiger charge is 2.19. The lowest BCUT2D eigenvalue weighted by Crippen LogP contribution is -2.42. The Morgan fingerprint density at radius 1 is 1.33 bits per heavy atom. The highest BCUT2D eigenvalue weighted by atomic mass is 16.5. The molecule has 0 aromatic heterocycles. The van der Waals surface area contributed by atoms with E-state index in [-0.39, 0.29) is 12.5 Å². The zero-order chi connectivity index (χ0) is 14.0. The molecule has 2 unspecified atom stereocenters. The predicted molar refractivity (Wildman–Crippen MR) is 63.3 cm³/mol. The molecule has 7 nitrogen and oxygen atoms in total. The number of carbonyl (C=O) groups excluding carboxylic acids is 1. The number of carboxylic acids is 1. The lowest BCUT2D eigenvalue weighted by molar-refractivity contribution is -0.148. The Hall–Kier alpha value is -1.18. The number of aliphatic carboxylic acids is 1. The van der Waals surface area contributed by atoms with Gasteiger partial charge in [-0.3, -0.25) is 4.79 Å². The second kappa shape index (κ2) is 9.81. The van der Waals surface area contributed by atoms with Crippen molar-refractivity contribution in [2.24, 2.45) is 0 Å². The monoisotopic (exact) mass is 263 g/mol. The first-order valence-corrected chi connectivity index (χ1v) is 5.75. The summed E-state index contributed by atoms with van der Waals surface area (Å²) in [4.78, 5) is 22.2. The van der Waals surface area contributed by atoms with Gasteiger partial charge in [0.25, 0.3) is 0 Å². The van der Waals surface area contributed by atoms with Gasteiger partial charge in [-0.15, -0.1) is 0 Å². The molecule has 1 amide bonds. The van der Waals surface area contributed by atoms with Crippen LogP contribution in [0, 0.1) is 0 Å². The van der Waals surface area contributed by atoms with E-state index in [9.17, 15) is 9.59 Å². The van der Waals surface area contributed by atoms with Gasteiger partial charge in [-0.25, -0.2) is 4.79 Å². The molecule has 0 bridgehead atoms. The molecule has 0 aromatic carbocycles. The summed E-state index contributed by atoms with van der Waals surface area (Å²) < 4.78 is 14.9. The van der Waals surface area contributed by atoms with Gasteiger partial charge in [-0.2, -0.15) is 0 Å². The summed E-state index contributed by atoms with van der Waals surface area (Å²) in [7, 11) is 1.27. The van der Waals surface area contributed by atoms with E-state index in [4.69, 9.17) is 14.6 Å². The summed E-state index contributed by atoms with van der Waals surface area (Å²) >= 11 is 0. The van der Waals surface area contributed by atoms with Crippen molar-refractivity contribution in [3.05, 3.63) is 0 Å². The molecule has 0 aromatic rings. The van der Waals surface area contributed by atoms with Crippen LogP contribution in [-0.2, 0) is 23.8 Å². The number of carboxylic acid groups (broad SMARTS) is 1. The minimum Gasteiger partial charge on any atom is -0.479 e. The van der Waals surface area contributed by atoms with Gasteiger partial charge in [-0.1, -0.05) is 0 Å². The number of carbonyl (C=O) groups is 2. The SMILES string of the molecule is CCOCCOC(C)C(=O)NCC(OC)C(=O)O. The van der Waals surface area contributed by atoms with E-state index >= 15 is 0 Å². The minimum absolute atomic E-state index is 0.0934. The number of methoxy groups -OCH3 is 1. The van der Waals surface area contributed by atoms with Crippen LogP contribution in [-0.4, -0.2) is 62.7 Å². The average molecular weight is 263 g/mol. The van der Waals surface area contributed by atoms with Gasteiger partial charge in [0, 0.05) is 13.7 Å². The Labute approximate surface area is 106 Å². The van der Waals surface area contributed by atoms with Gasteiger partial charge < -0.3 is 24.6 Å². The molecule has 18 heavy (non-hydrogen) atoms. The summed E-state index contributed by atoms with van der Waals surface area (Å²) in [5.74, 6) is -1.50. The van der Waals surface area contributed by atoms with Crippen molar-refractivity contribution < 1.29 is 28.9 Å². The standard InChI is InChI=1S/C11H21NO6/c1-4-17-5-6-18-8(2)10(13)12-7-9(16-3)11(14)15/h8-9H,4-7H2,1-3H3,(H,12,13)(H,14,15). The number of rotatable bonds is 10. The highest BCUT2D eigenvalue weighted by molar-refractivity contribution is 5.81. The first kappa shape index (κ1) is 16.8. The maximum absolute atomic E-state index is 11.5. The van der Waals surface area contributed by atoms with Crippen molar-refractivity contribution in [2.45, 2.75) is 26.1 Å². The fraction of sp³-hybridized carbons (Fsp3) is 0.818. The largest absolute Gasteiger partial charge is 0.479 e. The Balaban J connectivity index is 3.83. The summed E-state index contributed by atoms with van der Waals surface area (Å²) in [5, 5.41) is 11.1. The van der Waals surface area contributed by atoms with Gasteiger partial charge in [-0.05, 0) is 13.8 Å². The third-order valence-corrected chi connectivity index (χ3v) is 2.19. The van der Waals surface area contributed by atoms with Crippen molar-refractivity contribution in [1.82, 2.24) is 5.32 Å². The first-order chi connectivity index (χ1) is 8.52. The molecule has 0 aliphatic carbocycles. The first-order valence-electron chi connectivity index (χ1n) is 5.75. The van der Waals surface area contributed by atoms with Crippen LogP contribution in [0.25, 0.3) is 0 Å². The number of hydrogen-bond acceptors (Lipinski definition) is 5. The second-order valence-corrected chi connectivity index (χ2v) is 3.52. The van der Waals surface area contributed by atoms with Gasteiger partial charge in [0.15, 0.2) is 6.10 Å². The molecule has 7 heteroatoms. The van der Waals surface area contributed by atoms with Crippen LogP contribution in [0.5, 0.6) is 0 Å². The molecule has 0 radical (unpaired) electrons. The molecule has 2 N–H and O–H groups in total. The van der Waals surface area contributed by atoms with E-state index in [0.29, 0.717) is 19.8 Å². The normalized spacial score (nSPS) is 13.9. The highest BCUT2D eigenvalue weighted by Crippen LogP contribution is 1.93. The van der Waals surface area contributed by atoms with Crippen LogP contribution in [0.4, 0.5) is 0 Å². The summed E-state index contributed by atoms with van der Waals surface area (Å²) in [5.41, 5.74) is 0. The van der Waals surface area contributed by atoms with Crippen LogP contribution in [0.3, 0.4) is 0 Å². The molecule has 0 heterocycles. The van der Waals surface area contributed by atoms with Gasteiger partial charge in [0.1, 0.15) is 6.10 Å². The van der Waals surface area contributed by atoms with E-state index < -0.39 is 18.2 Å². The smallest absolute Gasteiger partial charge is 0.334 e. The Morgan fingerprint density at radius 3 is 2.50 bits per heavy atom. The number of amides is 1. The lowest BCUT2D eigenvalue weighted by Gasteiger charge is -2.15. The third-order valence-electron chi connectivity index (χ3n) is 2.19. The molecule has 0 saturated heterocycles. The van der Waals surface area contributed by atoms with Crippen molar-refractivity contribution in [3.63, 3.8) is 0 Å². The Kier molecular flexibility index (Phi) is 9.17. The molecule has 0 fully saturated rings. The molecule has 106 valence electrons. The van der Waals surface area contributed by atoms with Gasteiger partial charge >= 0.3 is 5.97 Å². The van der Waals surface area contributed by atoms with Crippen LogP contribution in [0.2, 0.25) is 0 Å². The van der Waals surface area contributed by atoms with Crippen LogP contribution in [0.1, 0.15) is 13.8 Å². The topological polar surface area (TPSA) is 94.1 Å². The molecule has 0 rings (SSSR count). The summed E-state index contributed by atoms with van der Waals surface area (Å²) in [6.07, 6.45) is -1.71. The number of nitrogens with one attached hydrogen (secondary N) is 1. The molecule has 0 spiro atoms. The van der Waals surface area contributed by atoms with Crippen molar-refractivity contribution in [2.75, 3.05) is 33.5 Å². The average Bonchev–Trinajstić information content (AvgIpc) is 2.34. The maximum Gasteiger partial charge on any atom is 0.334 e. The Bertz CT molecular complexity index is 258. The van der Waals surface area contributed by atoms with E-state index in [0.717, 1.165) is 0 Å². The quantitative estimate of drug-likeness (QED) is 0.523. The molecule has 0 saturated carbocycles. The summed E-state index contributed by atoms with van der Waals surface area (Å²) in [6.45, 7) is 4.69. The molecule has 2 atom stereocenters. The molecular formula is C11H21NO6. The van der Waals surface area contributed by atoms with Crippen LogP contribution in [0.15, 0.2) is 0 Å². The number of hydrogen-bond donors (Lipinski definition) is 2. The van der Waals surface area contributed by atoms with Gasteiger partial charge in [0.05, 0.1) is 19.8 Å². The molecule has 0 aliphatic heterocycles. The fourth-order valence-electron chi connectivity index (χ4n) is 1.11. The van der Waals surface area contributed by atoms with Gasteiger partial charge in [0.2, 0.25) is 5.91 Å². The third kappa shape index (κ3) is 7.21. The van der Waals surface area contributed by atoms with Crippen LogP contribution >= 0.6 is 0 Å². The lowest BCUT2D eigenvalue weighted by atomic mass is 10.3. The Morgan fingerprint density at radius 2 is 2.00 bits per heavy atom. The maximum atomic E-state index is 11.5. The molecule has 0 aliphatic rings. The van der Waals surface area contributed by atoms with E-state index in [1.54, 1.807) is 6.92 Å². The summed E-state index contributed by atoms with van der Waals surface area (Å²) in [6, 6.07) is 0. The van der Waals surface area contributed by atoms with E-state index in [2.05, 4.69) is 10.1 Å². The zero-order valence-electron chi connectivity index (χ0n) is 11.0. The van der Waals surface area contributed by atoms with Crippen molar-refractivity contribution in [1.29, 1.82) is 0 Å². The van der Waals surface area contributed by atoms with E-state index in [1.165, 1.54) is 7.11 Å². The fourth-order valence-corrected chi connectivity index (χ4v) is 1.11. The second-order valence-electron chi connectivity index (χ2n) is 3.52. The minimum atomic E-state index is -1.12. The predicted octanol–water partition coefficient (Wildman–Crippen LogP) is -0.356. The van der Waals surface area contributed by atoms with Crippen LogP contribution < -0.4 is 5.32 Å². The number of ether oxygens (including phenoxy) is 3. The van der Waals surface area contributed by atoms with E-state index in [1.807, 2.05) is 6.92 Å². The molecular weight excluding hydrogens is 242 g/mol.